The minimum Gasteiger partial charge on any atom is -0.457 e. The van der Waals surface area contributed by atoms with Crippen LogP contribution in [0.5, 0.6) is 11.5 Å². The molecular formula is C14H10F3N3O. The van der Waals surface area contributed by atoms with E-state index in [9.17, 15) is 13.2 Å². The summed E-state index contributed by atoms with van der Waals surface area (Å²) in [4.78, 5) is 2.69. The molecule has 0 aromatic heterocycles. The fraction of sp³-hybridized carbons (Fsp3) is 0.143. The number of benzene rings is 2. The summed E-state index contributed by atoms with van der Waals surface area (Å²) in [6.07, 6.45) is -4.37. The van der Waals surface area contributed by atoms with Crippen molar-refractivity contribution >= 4 is 5.69 Å². The van der Waals surface area contributed by atoms with Crippen LogP contribution < -0.4 is 4.74 Å². The summed E-state index contributed by atoms with van der Waals surface area (Å²) in [5.41, 5.74) is 8.82. The standard InChI is InChI=1S/C14H10F3N3O/c1-9-8-12(6-7-13(9)19-20-18)21-11-4-2-10(3-5-11)14(15,16)17/h2-8H,1H3. The molecule has 0 bridgehead atoms. The van der Waals surface area contributed by atoms with Gasteiger partial charge in [0.25, 0.3) is 0 Å². The first-order chi connectivity index (χ1) is 9.90. The highest BCUT2D eigenvalue weighted by atomic mass is 19.4. The van der Waals surface area contributed by atoms with E-state index in [-0.39, 0.29) is 0 Å². The van der Waals surface area contributed by atoms with Gasteiger partial charge in [0.2, 0.25) is 0 Å². The van der Waals surface area contributed by atoms with Crippen LogP contribution in [-0.4, -0.2) is 0 Å². The normalized spacial score (nSPS) is 10.9. The van der Waals surface area contributed by atoms with Crippen molar-refractivity contribution in [3.8, 4) is 11.5 Å². The molecule has 4 nitrogen and oxygen atoms in total. The van der Waals surface area contributed by atoms with Gasteiger partial charge in [-0.3, -0.25) is 0 Å². The fourth-order valence-electron chi connectivity index (χ4n) is 1.70. The van der Waals surface area contributed by atoms with Gasteiger partial charge >= 0.3 is 6.18 Å². The predicted molar refractivity (Wildman–Crippen MR) is 71.5 cm³/mol. The molecular weight excluding hydrogens is 283 g/mol. The molecule has 0 fully saturated rings. The van der Waals surface area contributed by atoms with E-state index in [0.717, 1.165) is 12.1 Å². The number of nitrogens with zero attached hydrogens (tertiary/aromatic N) is 3. The van der Waals surface area contributed by atoms with E-state index >= 15 is 0 Å². The van der Waals surface area contributed by atoms with Gasteiger partial charge < -0.3 is 4.74 Å². The van der Waals surface area contributed by atoms with E-state index in [1.54, 1.807) is 25.1 Å². The van der Waals surface area contributed by atoms with E-state index < -0.39 is 11.7 Å². The van der Waals surface area contributed by atoms with Crippen LogP contribution in [0, 0.1) is 6.92 Å². The van der Waals surface area contributed by atoms with Crippen LogP contribution in [0.3, 0.4) is 0 Å². The molecule has 21 heavy (non-hydrogen) atoms. The Morgan fingerprint density at radius 1 is 1.05 bits per heavy atom. The molecule has 0 N–H and O–H groups in total. The van der Waals surface area contributed by atoms with E-state index in [2.05, 4.69) is 10.0 Å². The molecule has 0 aliphatic rings. The summed E-state index contributed by atoms with van der Waals surface area (Å²) in [6.45, 7) is 1.74. The minimum absolute atomic E-state index is 0.291. The Hall–Kier alpha value is -2.66. The number of ether oxygens (including phenoxy) is 1. The Bertz CT molecular complexity index is 690. The number of rotatable bonds is 3. The molecule has 7 heteroatoms. The Labute approximate surface area is 118 Å². The van der Waals surface area contributed by atoms with E-state index in [1.165, 1.54) is 12.1 Å². The molecule has 0 heterocycles. The molecule has 0 saturated carbocycles. The number of hydrogen-bond donors (Lipinski definition) is 0. The fourth-order valence-corrected chi connectivity index (χ4v) is 1.70. The van der Waals surface area contributed by atoms with Crippen molar-refractivity contribution in [1.82, 2.24) is 0 Å². The maximum atomic E-state index is 12.4. The van der Waals surface area contributed by atoms with Crippen LogP contribution >= 0.6 is 0 Å². The monoisotopic (exact) mass is 293 g/mol. The quantitative estimate of drug-likeness (QED) is 0.404. The summed E-state index contributed by atoms with van der Waals surface area (Å²) in [7, 11) is 0. The second-order valence-corrected chi connectivity index (χ2v) is 4.26. The first-order valence-electron chi connectivity index (χ1n) is 5.91. The number of aryl methyl sites for hydroxylation is 1. The Kier molecular flexibility index (Phi) is 4.05. The molecule has 2 rings (SSSR count). The van der Waals surface area contributed by atoms with Crippen molar-refractivity contribution in [3.05, 3.63) is 64.0 Å². The third-order valence-corrected chi connectivity index (χ3v) is 2.74. The highest BCUT2D eigenvalue weighted by Gasteiger charge is 2.30. The summed E-state index contributed by atoms with van der Waals surface area (Å²) >= 11 is 0. The second kappa shape index (κ2) is 5.76. The van der Waals surface area contributed by atoms with Crippen molar-refractivity contribution in [1.29, 1.82) is 0 Å². The molecule has 108 valence electrons. The first-order valence-corrected chi connectivity index (χ1v) is 5.91. The molecule has 2 aromatic carbocycles. The Morgan fingerprint density at radius 3 is 2.19 bits per heavy atom. The van der Waals surface area contributed by atoms with Gasteiger partial charge in [0.05, 0.1) is 5.56 Å². The van der Waals surface area contributed by atoms with Crippen molar-refractivity contribution in [2.75, 3.05) is 0 Å². The van der Waals surface area contributed by atoms with Gasteiger partial charge in [0.15, 0.2) is 0 Å². The van der Waals surface area contributed by atoms with Crippen molar-refractivity contribution in [3.63, 3.8) is 0 Å². The summed E-state index contributed by atoms with van der Waals surface area (Å²) in [5.74, 6) is 0.739. The Balaban J connectivity index is 2.18. The van der Waals surface area contributed by atoms with E-state index in [4.69, 9.17) is 10.3 Å². The highest BCUT2D eigenvalue weighted by Crippen LogP contribution is 2.32. The van der Waals surface area contributed by atoms with Crippen molar-refractivity contribution in [2.24, 2.45) is 5.11 Å². The lowest BCUT2D eigenvalue weighted by atomic mass is 10.2. The molecule has 0 spiro atoms. The van der Waals surface area contributed by atoms with Crippen molar-refractivity contribution < 1.29 is 17.9 Å². The lowest BCUT2D eigenvalue weighted by Crippen LogP contribution is -2.03. The van der Waals surface area contributed by atoms with Crippen LogP contribution in [0.25, 0.3) is 10.4 Å². The van der Waals surface area contributed by atoms with Gasteiger partial charge in [-0.15, -0.1) is 0 Å². The SMILES string of the molecule is Cc1cc(Oc2ccc(C(F)(F)F)cc2)ccc1N=[N+]=[N-]. The summed E-state index contributed by atoms with van der Waals surface area (Å²) in [5, 5.41) is 3.49. The number of alkyl halides is 3. The number of halogens is 3. The molecule has 0 aliphatic carbocycles. The zero-order chi connectivity index (χ0) is 15.5. The molecule has 0 radical (unpaired) electrons. The molecule has 0 atom stereocenters. The summed E-state index contributed by atoms with van der Waals surface area (Å²) < 4.78 is 42.8. The average molecular weight is 293 g/mol. The zero-order valence-corrected chi connectivity index (χ0v) is 10.9. The highest BCUT2D eigenvalue weighted by molar-refractivity contribution is 5.49. The van der Waals surface area contributed by atoms with Gasteiger partial charge in [-0.2, -0.15) is 13.2 Å². The predicted octanol–water partition coefficient (Wildman–Crippen LogP) is 5.75. The van der Waals surface area contributed by atoms with Gasteiger partial charge in [-0.05, 0) is 60.5 Å². The molecule has 2 aromatic rings. The lowest BCUT2D eigenvalue weighted by Gasteiger charge is -2.10. The van der Waals surface area contributed by atoms with Gasteiger partial charge in [0.1, 0.15) is 11.5 Å². The minimum atomic E-state index is -4.37. The maximum absolute atomic E-state index is 12.4. The first kappa shape index (κ1) is 14.7. The van der Waals surface area contributed by atoms with Crippen molar-refractivity contribution in [2.45, 2.75) is 13.1 Å². The molecule has 0 saturated heterocycles. The van der Waals surface area contributed by atoms with Crippen LogP contribution in [0.2, 0.25) is 0 Å². The average Bonchev–Trinajstić information content (AvgIpc) is 2.42. The van der Waals surface area contributed by atoms with Crippen LogP contribution in [-0.2, 0) is 6.18 Å². The number of hydrogen-bond acceptors (Lipinski definition) is 2. The number of azide groups is 1. The van der Waals surface area contributed by atoms with Gasteiger partial charge in [0, 0.05) is 10.6 Å². The molecule has 0 amide bonds. The summed E-state index contributed by atoms with van der Waals surface area (Å²) in [6, 6.07) is 9.21. The van der Waals surface area contributed by atoms with Gasteiger partial charge in [-0.1, -0.05) is 5.11 Å². The largest absolute Gasteiger partial charge is 0.457 e. The van der Waals surface area contributed by atoms with E-state index in [1.807, 2.05) is 0 Å². The molecule has 0 aliphatic heterocycles. The topological polar surface area (TPSA) is 58.0 Å². The van der Waals surface area contributed by atoms with Crippen LogP contribution in [0.1, 0.15) is 11.1 Å². The smallest absolute Gasteiger partial charge is 0.416 e. The third kappa shape index (κ3) is 3.67. The van der Waals surface area contributed by atoms with E-state index in [0.29, 0.717) is 22.7 Å². The molecule has 0 unspecified atom stereocenters. The zero-order valence-electron chi connectivity index (χ0n) is 10.9. The Morgan fingerprint density at radius 2 is 1.67 bits per heavy atom. The van der Waals surface area contributed by atoms with Crippen LogP contribution in [0.15, 0.2) is 47.6 Å². The van der Waals surface area contributed by atoms with Crippen LogP contribution in [0.4, 0.5) is 18.9 Å². The van der Waals surface area contributed by atoms with Gasteiger partial charge in [-0.25, -0.2) is 0 Å². The lowest BCUT2D eigenvalue weighted by molar-refractivity contribution is -0.137. The maximum Gasteiger partial charge on any atom is 0.416 e. The third-order valence-electron chi connectivity index (χ3n) is 2.74. The second-order valence-electron chi connectivity index (χ2n) is 4.26.